The maximum atomic E-state index is 12.7. The Morgan fingerprint density at radius 3 is 2.44 bits per heavy atom. The molecule has 3 rings (SSSR count). The Kier molecular flexibility index (Phi) is 4.99. The minimum absolute atomic E-state index is 0.0202. The zero-order valence-corrected chi connectivity index (χ0v) is 14.0. The van der Waals surface area contributed by atoms with Crippen LogP contribution in [0.5, 0.6) is 5.75 Å². The van der Waals surface area contributed by atoms with Crippen LogP contribution in [0.3, 0.4) is 0 Å². The predicted molar refractivity (Wildman–Crippen MR) is 93.5 cm³/mol. The molecular formula is C17H15N3O7. The Labute approximate surface area is 152 Å². The average molecular weight is 373 g/mol. The summed E-state index contributed by atoms with van der Waals surface area (Å²) >= 11 is 0. The van der Waals surface area contributed by atoms with Gasteiger partial charge in [-0.2, -0.15) is 0 Å². The van der Waals surface area contributed by atoms with E-state index in [0.29, 0.717) is 11.3 Å². The molecule has 1 unspecified atom stereocenters. The number of aliphatic hydroxyl groups is 1. The number of ether oxygens (including phenoxy) is 1. The fraction of sp³-hybridized carbons (Fsp3) is 0.235. The summed E-state index contributed by atoms with van der Waals surface area (Å²) in [6.45, 7) is -0.276. The van der Waals surface area contributed by atoms with Crippen LogP contribution in [0.15, 0.2) is 42.5 Å². The molecule has 0 aliphatic carbocycles. The second kappa shape index (κ2) is 7.38. The summed E-state index contributed by atoms with van der Waals surface area (Å²) in [5.74, 6) is -0.287. The van der Waals surface area contributed by atoms with Crippen LogP contribution in [0, 0.1) is 20.2 Å². The van der Waals surface area contributed by atoms with Crippen molar-refractivity contribution >= 4 is 23.0 Å². The van der Waals surface area contributed by atoms with Crippen molar-refractivity contribution in [1.82, 2.24) is 0 Å². The monoisotopic (exact) mass is 373 g/mol. The average Bonchev–Trinajstić information content (AvgIpc) is 2.65. The molecule has 27 heavy (non-hydrogen) atoms. The molecule has 0 fully saturated rings. The van der Waals surface area contributed by atoms with E-state index in [1.807, 2.05) is 0 Å². The Hall–Kier alpha value is -3.53. The number of carbonyl (C=O) groups is 1. The molecule has 1 N–H and O–H groups in total. The van der Waals surface area contributed by atoms with Crippen molar-refractivity contribution in [1.29, 1.82) is 0 Å². The number of nitrogens with zero attached hydrogens (tertiary/aromatic N) is 3. The van der Waals surface area contributed by atoms with E-state index in [1.165, 1.54) is 41.3 Å². The molecule has 0 radical (unpaired) electrons. The lowest BCUT2D eigenvalue weighted by Crippen LogP contribution is -2.45. The number of fused-ring (bicyclic) bond motifs is 1. The van der Waals surface area contributed by atoms with Gasteiger partial charge >= 0.3 is 0 Å². The summed E-state index contributed by atoms with van der Waals surface area (Å²) < 4.78 is 5.54. The molecule has 0 aromatic heterocycles. The highest BCUT2D eigenvalue weighted by Gasteiger charge is 2.35. The molecule has 1 aliphatic heterocycles. The summed E-state index contributed by atoms with van der Waals surface area (Å²) in [7, 11) is 0. The van der Waals surface area contributed by atoms with Crippen molar-refractivity contribution < 1.29 is 24.5 Å². The van der Waals surface area contributed by atoms with E-state index < -0.39 is 21.9 Å². The molecule has 140 valence electrons. The summed E-state index contributed by atoms with van der Waals surface area (Å²) in [6.07, 6.45) is -0.977. The normalized spacial score (nSPS) is 15.8. The molecule has 10 nitrogen and oxygen atoms in total. The van der Waals surface area contributed by atoms with Crippen molar-refractivity contribution in [3.63, 3.8) is 0 Å². The number of aliphatic hydroxyl groups excluding tert-OH is 1. The van der Waals surface area contributed by atoms with Crippen molar-refractivity contribution in [3.8, 4) is 5.75 Å². The maximum Gasteiger partial charge on any atom is 0.273 e. The highest BCUT2D eigenvalue weighted by molar-refractivity contribution is 6.00. The molecule has 0 saturated carbocycles. The molecule has 2 aromatic carbocycles. The number of hydrogen-bond donors (Lipinski definition) is 1. The first-order valence-electron chi connectivity index (χ1n) is 8.01. The summed E-state index contributed by atoms with van der Waals surface area (Å²) in [4.78, 5) is 34.9. The van der Waals surface area contributed by atoms with Crippen LogP contribution in [-0.2, 0) is 11.3 Å². The Morgan fingerprint density at radius 1 is 1.07 bits per heavy atom. The van der Waals surface area contributed by atoms with Gasteiger partial charge in [0.2, 0.25) is 0 Å². The minimum Gasteiger partial charge on any atom is -0.478 e. The molecule has 1 aliphatic rings. The van der Waals surface area contributed by atoms with Crippen LogP contribution in [0.1, 0.15) is 12.0 Å². The molecule has 1 amide bonds. The summed E-state index contributed by atoms with van der Waals surface area (Å²) in [6, 6.07) is 9.72. The lowest BCUT2D eigenvalue weighted by molar-refractivity contribution is -0.385. The highest BCUT2D eigenvalue weighted by atomic mass is 16.6. The predicted octanol–water partition coefficient (Wildman–Crippen LogP) is 2.18. The molecule has 1 heterocycles. The third-order valence-electron chi connectivity index (χ3n) is 4.11. The van der Waals surface area contributed by atoms with E-state index in [4.69, 9.17) is 9.84 Å². The molecule has 0 bridgehead atoms. The summed E-state index contributed by atoms with van der Waals surface area (Å²) in [5, 5.41) is 31.1. The smallest absolute Gasteiger partial charge is 0.273 e. The number of nitro benzene ring substituents is 2. The Bertz CT molecular complexity index is 915. The first-order chi connectivity index (χ1) is 12.9. The van der Waals surface area contributed by atoms with Gasteiger partial charge in [-0.15, -0.1) is 0 Å². The van der Waals surface area contributed by atoms with Gasteiger partial charge in [0.1, 0.15) is 0 Å². The standard InChI is InChI=1S/C17H15N3O7/c21-7-6-15-17(22)18(10-11-2-1-3-12(8-11)19(23)24)14-5-4-13(20(25)26)9-16(14)27-15/h1-5,8-9,15,21H,6-7,10H2. The van der Waals surface area contributed by atoms with Gasteiger partial charge in [0, 0.05) is 31.2 Å². The number of nitro groups is 2. The van der Waals surface area contributed by atoms with E-state index in [0.717, 1.165) is 0 Å². The quantitative estimate of drug-likeness (QED) is 0.605. The SMILES string of the molecule is O=C1C(CCO)Oc2cc([N+](=O)[O-])ccc2N1Cc1cccc([N+](=O)[O-])c1. The third-order valence-corrected chi connectivity index (χ3v) is 4.11. The number of amides is 1. The van der Waals surface area contributed by atoms with Crippen molar-refractivity contribution in [3.05, 3.63) is 68.3 Å². The lowest BCUT2D eigenvalue weighted by atomic mass is 10.1. The maximum absolute atomic E-state index is 12.7. The Morgan fingerprint density at radius 2 is 1.78 bits per heavy atom. The van der Waals surface area contributed by atoms with E-state index in [-0.39, 0.29) is 36.7 Å². The van der Waals surface area contributed by atoms with Gasteiger partial charge in [0.05, 0.1) is 28.1 Å². The van der Waals surface area contributed by atoms with Gasteiger partial charge in [-0.1, -0.05) is 12.1 Å². The molecule has 10 heteroatoms. The Balaban J connectivity index is 2.00. The number of benzene rings is 2. The molecule has 0 saturated heterocycles. The lowest BCUT2D eigenvalue weighted by Gasteiger charge is -2.34. The van der Waals surface area contributed by atoms with Crippen LogP contribution in [0.4, 0.5) is 17.1 Å². The van der Waals surface area contributed by atoms with Crippen LogP contribution < -0.4 is 9.64 Å². The first-order valence-corrected chi connectivity index (χ1v) is 8.01. The van der Waals surface area contributed by atoms with Crippen molar-refractivity contribution in [2.24, 2.45) is 0 Å². The second-order valence-corrected chi connectivity index (χ2v) is 5.88. The van der Waals surface area contributed by atoms with E-state index in [1.54, 1.807) is 6.07 Å². The van der Waals surface area contributed by atoms with Gasteiger partial charge in [-0.05, 0) is 11.6 Å². The third kappa shape index (κ3) is 3.70. The van der Waals surface area contributed by atoms with Crippen molar-refractivity contribution in [2.75, 3.05) is 11.5 Å². The minimum atomic E-state index is -0.997. The number of hydrogen-bond acceptors (Lipinski definition) is 7. The van der Waals surface area contributed by atoms with Crippen molar-refractivity contribution in [2.45, 2.75) is 19.1 Å². The van der Waals surface area contributed by atoms with Crippen LogP contribution in [0.25, 0.3) is 0 Å². The number of anilines is 1. The molecule has 1 atom stereocenters. The van der Waals surface area contributed by atoms with Crippen LogP contribution >= 0.6 is 0 Å². The molecular weight excluding hydrogens is 358 g/mol. The zero-order chi connectivity index (χ0) is 19.6. The van der Waals surface area contributed by atoms with Crippen LogP contribution in [-0.4, -0.2) is 33.6 Å². The van der Waals surface area contributed by atoms with Gasteiger partial charge in [0.25, 0.3) is 17.3 Å². The van der Waals surface area contributed by atoms with Gasteiger partial charge < -0.3 is 14.7 Å². The first kappa shape index (κ1) is 18.3. The fourth-order valence-corrected chi connectivity index (χ4v) is 2.84. The fourth-order valence-electron chi connectivity index (χ4n) is 2.84. The van der Waals surface area contributed by atoms with Gasteiger partial charge in [-0.25, -0.2) is 0 Å². The zero-order valence-electron chi connectivity index (χ0n) is 14.0. The number of rotatable bonds is 6. The van der Waals surface area contributed by atoms with Crippen LogP contribution in [0.2, 0.25) is 0 Å². The van der Waals surface area contributed by atoms with E-state index >= 15 is 0 Å². The largest absolute Gasteiger partial charge is 0.478 e. The highest BCUT2D eigenvalue weighted by Crippen LogP contribution is 2.38. The van der Waals surface area contributed by atoms with E-state index in [2.05, 4.69) is 0 Å². The van der Waals surface area contributed by atoms with Gasteiger partial charge in [-0.3, -0.25) is 25.0 Å². The van der Waals surface area contributed by atoms with E-state index in [9.17, 15) is 25.0 Å². The molecule has 0 spiro atoms. The molecule has 2 aromatic rings. The topological polar surface area (TPSA) is 136 Å². The number of non-ortho nitro benzene ring substituents is 2. The second-order valence-electron chi connectivity index (χ2n) is 5.88. The van der Waals surface area contributed by atoms with Gasteiger partial charge in [0.15, 0.2) is 11.9 Å². The summed E-state index contributed by atoms with van der Waals surface area (Å²) in [5.41, 5.74) is 0.544. The number of carbonyl (C=O) groups excluding carboxylic acids is 1.